The van der Waals surface area contributed by atoms with Crippen LogP contribution in [0.25, 0.3) is 0 Å². The molecule has 2 amide bonds. The number of methoxy groups -OCH3 is 1. The summed E-state index contributed by atoms with van der Waals surface area (Å²) < 4.78 is 5.33. The maximum absolute atomic E-state index is 12.6. The van der Waals surface area contributed by atoms with Crippen molar-refractivity contribution in [2.75, 3.05) is 19.0 Å². The summed E-state index contributed by atoms with van der Waals surface area (Å²) in [5, 5.41) is 5.79. The van der Waals surface area contributed by atoms with E-state index in [1.165, 1.54) is 0 Å². The number of aryl methyl sites for hydroxylation is 1. The molecule has 5 nitrogen and oxygen atoms in total. The summed E-state index contributed by atoms with van der Waals surface area (Å²) in [7, 11) is 1.62. The Morgan fingerprint density at radius 3 is 2.33 bits per heavy atom. The Morgan fingerprint density at radius 2 is 1.53 bits per heavy atom. The molecule has 3 aromatic rings. The third kappa shape index (κ3) is 5.95. The van der Waals surface area contributed by atoms with Gasteiger partial charge < -0.3 is 15.4 Å². The van der Waals surface area contributed by atoms with E-state index in [4.69, 9.17) is 4.74 Å². The monoisotopic (exact) mass is 402 g/mol. The van der Waals surface area contributed by atoms with E-state index in [1.807, 2.05) is 54.6 Å². The Hall–Kier alpha value is -3.60. The van der Waals surface area contributed by atoms with Crippen molar-refractivity contribution in [3.63, 3.8) is 0 Å². The second kappa shape index (κ2) is 10.8. The zero-order valence-corrected chi connectivity index (χ0v) is 17.1. The van der Waals surface area contributed by atoms with E-state index in [2.05, 4.69) is 10.6 Å². The van der Waals surface area contributed by atoms with Gasteiger partial charge >= 0.3 is 0 Å². The molecule has 3 aromatic carbocycles. The van der Waals surface area contributed by atoms with Crippen LogP contribution < -0.4 is 15.4 Å². The summed E-state index contributed by atoms with van der Waals surface area (Å²) in [4.78, 5) is 25.1. The number of ether oxygens (including phenoxy) is 1. The van der Waals surface area contributed by atoms with Crippen molar-refractivity contribution in [2.45, 2.75) is 19.3 Å². The van der Waals surface area contributed by atoms with Gasteiger partial charge in [-0.1, -0.05) is 60.7 Å². The molecule has 0 aliphatic rings. The minimum Gasteiger partial charge on any atom is -0.496 e. The van der Waals surface area contributed by atoms with Crippen molar-refractivity contribution in [3.05, 3.63) is 95.6 Å². The van der Waals surface area contributed by atoms with E-state index in [0.717, 1.165) is 23.3 Å². The fourth-order valence-electron chi connectivity index (χ4n) is 3.22. The summed E-state index contributed by atoms with van der Waals surface area (Å²) in [5.41, 5.74) is 3.11. The third-order valence-electron chi connectivity index (χ3n) is 4.80. The van der Waals surface area contributed by atoms with Crippen LogP contribution in [0, 0.1) is 0 Å². The van der Waals surface area contributed by atoms with Crippen molar-refractivity contribution in [1.29, 1.82) is 0 Å². The van der Waals surface area contributed by atoms with E-state index < -0.39 is 0 Å². The van der Waals surface area contributed by atoms with Crippen molar-refractivity contribution in [1.82, 2.24) is 5.32 Å². The molecule has 0 saturated carbocycles. The Kier molecular flexibility index (Phi) is 7.61. The lowest BCUT2D eigenvalue weighted by molar-refractivity contribution is -0.116. The van der Waals surface area contributed by atoms with Gasteiger partial charge in [-0.15, -0.1) is 0 Å². The molecule has 0 bridgehead atoms. The fraction of sp³-hybridized carbons (Fsp3) is 0.200. The first-order chi connectivity index (χ1) is 14.7. The van der Waals surface area contributed by atoms with E-state index in [1.54, 1.807) is 31.4 Å². The van der Waals surface area contributed by atoms with Gasteiger partial charge in [0, 0.05) is 13.0 Å². The zero-order valence-electron chi connectivity index (χ0n) is 17.1. The quantitative estimate of drug-likeness (QED) is 0.563. The molecule has 0 aliphatic heterocycles. The smallest absolute Gasteiger partial charge is 0.253 e. The Labute approximate surface area is 177 Å². The molecular formula is C25H26N2O3. The van der Waals surface area contributed by atoms with Gasteiger partial charge in [0.05, 0.1) is 18.4 Å². The number of carbonyl (C=O) groups excluding carboxylic acids is 2. The minimum absolute atomic E-state index is 0.148. The van der Waals surface area contributed by atoms with Crippen LogP contribution in [0.4, 0.5) is 5.69 Å². The number of para-hydroxylation sites is 2. The topological polar surface area (TPSA) is 67.4 Å². The molecule has 0 aromatic heterocycles. The van der Waals surface area contributed by atoms with Crippen LogP contribution in [0.15, 0.2) is 78.9 Å². The number of hydrogen-bond acceptors (Lipinski definition) is 3. The van der Waals surface area contributed by atoms with E-state index >= 15 is 0 Å². The van der Waals surface area contributed by atoms with Crippen molar-refractivity contribution in [2.24, 2.45) is 0 Å². The number of anilines is 1. The highest BCUT2D eigenvalue weighted by Gasteiger charge is 2.13. The predicted molar refractivity (Wildman–Crippen MR) is 119 cm³/mol. The largest absolute Gasteiger partial charge is 0.496 e. The van der Waals surface area contributed by atoms with Gasteiger partial charge in [-0.3, -0.25) is 9.59 Å². The molecule has 3 rings (SSSR count). The first-order valence-electron chi connectivity index (χ1n) is 10.0. The van der Waals surface area contributed by atoms with Crippen molar-refractivity contribution in [3.8, 4) is 5.75 Å². The lowest BCUT2D eigenvalue weighted by Crippen LogP contribution is -2.27. The summed E-state index contributed by atoms with van der Waals surface area (Å²) in [6.07, 6.45) is 1.60. The molecule has 2 N–H and O–H groups in total. The SMILES string of the molecule is COc1ccccc1CCC(=O)Nc1ccccc1C(=O)NCCc1ccccc1. The molecule has 0 fully saturated rings. The van der Waals surface area contributed by atoms with Crippen LogP contribution in [-0.4, -0.2) is 25.5 Å². The number of carbonyl (C=O) groups is 2. The fourth-order valence-corrected chi connectivity index (χ4v) is 3.22. The standard InChI is InChI=1S/C25H26N2O3/c1-30-23-14-8-5-11-20(23)15-16-24(28)27-22-13-7-6-12-21(22)25(29)26-18-17-19-9-3-2-4-10-19/h2-14H,15-18H2,1H3,(H,26,29)(H,27,28). The zero-order chi connectivity index (χ0) is 21.2. The molecular weight excluding hydrogens is 376 g/mol. The van der Waals surface area contributed by atoms with Gasteiger partial charge in [-0.2, -0.15) is 0 Å². The summed E-state index contributed by atoms with van der Waals surface area (Å²) in [6, 6.07) is 24.7. The van der Waals surface area contributed by atoms with Crippen LogP contribution in [-0.2, 0) is 17.6 Å². The molecule has 0 atom stereocenters. The molecule has 154 valence electrons. The first kappa shape index (κ1) is 21.1. The number of nitrogens with one attached hydrogen (secondary N) is 2. The summed E-state index contributed by atoms with van der Waals surface area (Å²) in [6.45, 7) is 0.527. The van der Waals surface area contributed by atoms with Gasteiger partial charge in [0.1, 0.15) is 5.75 Å². The molecule has 0 saturated heterocycles. The van der Waals surface area contributed by atoms with E-state index in [9.17, 15) is 9.59 Å². The highest BCUT2D eigenvalue weighted by molar-refractivity contribution is 6.03. The van der Waals surface area contributed by atoms with Crippen LogP contribution in [0.3, 0.4) is 0 Å². The lowest BCUT2D eigenvalue weighted by atomic mass is 10.1. The molecule has 5 heteroatoms. The lowest BCUT2D eigenvalue weighted by Gasteiger charge is -2.12. The molecule has 0 spiro atoms. The highest BCUT2D eigenvalue weighted by atomic mass is 16.5. The molecule has 0 unspecified atom stereocenters. The molecule has 0 radical (unpaired) electrons. The molecule has 30 heavy (non-hydrogen) atoms. The van der Waals surface area contributed by atoms with Crippen LogP contribution in [0.1, 0.15) is 27.9 Å². The third-order valence-corrected chi connectivity index (χ3v) is 4.80. The average molecular weight is 402 g/mol. The number of hydrogen-bond donors (Lipinski definition) is 2. The van der Waals surface area contributed by atoms with E-state index in [0.29, 0.717) is 30.6 Å². The Balaban J connectivity index is 1.56. The maximum Gasteiger partial charge on any atom is 0.253 e. The van der Waals surface area contributed by atoms with Crippen LogP contribution in [0.5, 0.6) is 5.75 Å². The second-order valence-electron chi connectivity index (χ2n) is 6.90. The molecule has 0 heterocycles. The van der Waals surface area contributed by atoms with Crippen molar-refractivity contribution < 1.29 is 14.3 Å². The van der Waals surface area contributed by atoms with E-state index in [-0.39, 0.29) is 11.8 Å². The molecule has 0 aliphatic carbocycles. The van der Waals surface area contributed by atoms with Gasteiger partial charge in [0.25, 0.3) is 5.91 Å². The Morgan fingerprint density at radius 1 is 0.833 bits per heavy atom. The van der Waals surface area contributed by atoms with Gasteiger partial charge in [-0.05, 0) is 42.2 Å². The van der Waals surface area contributed by atoms with Gasteiger partial charge in [0.15, 0.2) is 0 Å². The van der Waals surface area contributed by atoms with Crippen LogP contribution >= 0.6 is 0 Å². The van der Waals surface area contributed by atoms with Crippen molar-refractivity contribution >= 4 is 17.5 Å². The predicted octanol–water partition coefficient (Wildman–Crippen LogP) is 4.24. The number of rotatable bonds is 9. The number of amides is 2. The summed E-state index contributed by atoms with van der Waals surface area (Å²) in [5.74, 6) is 0.417. The van der Waals surface area contributed by atoms with Gasteiger partial charge in [-0.25, -0.2) is 0 Å². The average Bonchev–Trinajstić information content (AvgIpc) is 2.79. The first-order valence-corrected chi connectivity index (χ1v) is 10.0. The normalized spacial score (nSPS) is 10.3. The Bertz CT molecular complexity index is 986. The maximum atomic E-state index is 12.6. The highest BCUT2D eigenvalue weighted by Crippen LogP contribution is 2.20. The second-order valence-corrected chi connectivity index (χ2v) is 6.90. The minimum atomic E-state index is -0.202. The summed E-state index contributed by atoms with van der Waals surface area (Å²) >= 11 is 0. The van der Waals surface area contributed by atoms with Gasteiger partial charge in [0.2, 0.25) is 5.91 Å². The number of benzene rings is 3. The van der Waals surface area contributed by atoms with Crippen LogP contribution in [0.2, 0.25) is 0 Å².